The zero-order valence-corrected chi connectivity index (χ0v) is 10.1. The number of rotatable bonds is 5. The van der Waals surface area contributed by atoms with Crippen molar-refractivity contribution in [3.63, 3.8) is 0 Å². The van der Waals surface area contributed by atoms with Gasteiger partial charge in [0.15, 0.2) is 0 Å². The van der Waals surface area contributed by atoms with Gasteiger partial charge in [-0.15, -0.1) is 0 Å². The van der Waals surface area contributed by atoms with Crippen LogP contribution >= 0.6 is 0 Å². The molecule has 0 radical (unpaired) electrons. The highest BCUT2D eigenvalue weighted by Crippen LogP contribution is 2.20. The number of aliphatic carboxylic acids is 1. The van der Waals surface area contributed by atoms with E-state index in [1.54, 1.807) is 11.8 Å². The number of carbonyl (C=O) groups is 1. The SMILES string of the molecule is Cc1ccccc1N(CC#N)CC(C)C(=O)O. The second-order valence-corrected chi connectivity index (χ2v) is 4.06. The molecule has 0 amide bonds. The first-order valence-corrected chi connectivity index (χ1v) is 5.46. The van der Waals surface area contributed by atoms with Crippen molar-refractivity contribution in [1.29, 1.82) is 5.26 Å². The lowest BCUT2D eigenvalue weighted by molar-refractivity contribution is -0.140. The zero-order chi connectivity index (χ0) is 12.8. The van der Waals surface area contributed by atoms with Gasteiger partial charge in [-0.25, -0.2) is 0 Å². The van der Waals surface area contributed by atoms with Gasteiger partial charge in [-0.05, 0) is 18.6 Å². The Hall–Kier alpha value is -2.02. The van der Waals surface area contributed by atoms with E-state index in [0.717, 1.165) is 11.3 Å². The van der Waals surface area contributed by atoms with Crippen molar-refractivity contribution < 1.29 is 9.90 Å². The minimum atomic E-state index is -0.846. The van der Waals surface area contributed by atoms with Crippen molar-refractivity contribution in [1.82, 2.24) is 0 Å². The smallest absolute Gasteiger partial charge is 0.308 e. The van der Waals surface area contributed by atoms with Gasteiger partial charge in [0, 0.05) is 12.2 Å². The van der Waals surface area contributed by atoms with Gasteiger partial charge in [-0.2, -0.15) is 5.26 Å². The second-order valence-electron chi connectivity index (χ2n) is 4.06. The highest BCUT2D eigenvalue weighted by atomic mass is 16.4. The monoisotopic (exact) mass is 232 g/mol. The van der Waals surface area contributed by atoms with E-state index in [0.29, 0.717) is 6.54 Å². The quantitative estimate of drug-likeness (QED) is 0.789. The lowest BCUT2D eigenvalue weighted by Gasteiger charge is -2.25. The number of anilines is 1. The largest absolute Gasteiger partial charge is 0.481 e. The van der Waals surface area contributed by atoms with Crippen molar-refractivity contribution in [3.8, 4) is 6.07 Å². The van der Waals surface area contributed by atoms with Gasteiger partial charge in [-0.3, -0.25) is 4.79 Å². The summed E-state index contributed by atoms with van der Waals surface area (Å²) in [5.41, 5.74) is 1.96. The summed E-state index contributed by atoms with van der Waals surface area (Å²) in [5.74, 6) is -1.34. The van der Waals surface area contributed by atoms with Crippen LogP contribution in [-0.4, -0.2) is 24.2 Å². The Kier molecular flexibility index (Phi) is 4.53. The van der Waals surface area contributed by atoms with Crippen LogP contribution in [0.1, 0.15) is 12.5 Å². The van der Waals surface area contributed by atoms with Crippen LogP contribution in [0.2, 0.25) is 0 Å². The van der Waals surface area contributed by atoms with Crippen LogP contribution in [0.15, 0.2) is 24.3 Å². The molecule has 1 rings (SSSR count). The predicted molar refractivity (Wildman–Crippen MR) is 65.8 cm³/mol. The molecule has 0 saturated heterocycles. The molecular formula is C13H16N2O2. The Balaban J connectivity index is 2.91. The second kappa shape index (κ2) is 5.90. The third-order valence-corrected chi connectivity index (χ3v) is 2.63. The maximum atomic E-state index is 10.8. The molecule has 4 heteroatoms. The summed E-state index contributed by atoms with van der Waals surface area (Å²) in [6, 6.07) is 9.73. The number of benzene rings is 1. The third-order valence-electron chi connectivity index (χ3n) is 2.63. The Morgan fingerprint density at radius 3 is 2.71 bits per heavy atom. The van der Waals surface area contributed by atoms with E-state index in [-0.39, 0.29) is 6.54 Å². The van der Waals surface area contributed by atoms with E-state index in [9.17, 15) is 4.79 Å². The number of carboxylic acid groups (broad SMARTS) is 1. The summed E-state index contributed by atoms with van der Waals surface area (Å²) in [4.78, 5) is 12.6. The fourth-order valence-corrected chi connectivity index (χ4v) is 1.66. The number of nitrogens with zero attached hydrogens (tertiary/aromatic N) is 2. The van der Waals surface area contributed by atoms with Crippen LogP contribution < -0.4 is 4.90 Å². The Labute approximate surface area is 101 Å². The molecule has 0 aliphatic heterocycles. The van der Waals surface area contributed by atoms with Crippen LogP contribution in [0, 0.1) is 24.2 Å². The average molecular weight is 232 g/mol. The first-order valence-electron chi connectivity index (χ1n) is 5.46. The Morgan fingerprint density at radius 2 is 2.18 bits per heavy atom. The summed E-state index contributed by atoms with van der Waals surface area (Å²) >= 11 is 0. The van der Waals surface area contributed by atoms with Crippen LogP contribution in [0.25, 0.3) is 0 Å². The maximum absolute atomic E-state index is 10.8. The molecule has 0 bridgehead atoms. The lowest BCUT2D eigenvalue weighted by Crippen LogP contribution is -2.32. The van der Waals surface area contributed by atoms with E-state index < -0.39 is 11.9 Å². The molecule has 1 N–H and O–H groups in total. The zero-order valence-electron chi connectivity index (χ0n) is 10.1. The first-order chi connectivity index (χ1) is 8.06. The average Bonchev–Trinajstić information content (AvgIpc) is 2.29. The normalized spacial score (nSPS) is 11.6. The highest BCUT2D eigenvalue weighted by Gasteiger charge is 2.17. The highest BCUT2D eigenvalue weighted by molar-refractivity contribution is 5.70. The molecule has 0 saturated carbocycles. The first kappa shape index (κ1) is 13.0. The molecule has 1 unspecified atom stereocenters. The van der Waals surface area contributed by atoms with Gasteiger partial charge in [0.05, 0.1) is 12.0 Å². The van der Waals surface area contributed by atoms with Gasteiger partial charge < -0.3 is 10.0 Å². The van der Waals surface area contributed by atoms with E-state index in [2.05, 4.69) is 6.07 Å². The van der Waals surface area contributed by atoms with Crippen molar-refractivity contribution in [2.45, 2.75) is 13.8 Å². The van der Waals surface area contributed by atoms with E-state index in [4.69, 9.17) is 10.4 Å². The standard InChI is InChI=1S/C13H16N2O2/c1-10-5-3-4-6-12(10)15(8-7-14)9-11(2)13(16)17/h3-6,11H,8-9H2,1-2H3,(H,16,17). The van der Waals surface area contributed by atoms with Gasteiger partial charge in [0.2, 0.25) is 0 Å². The molecule has 0 fully saturated rings. The third kappa shape index (κ3) is 3.49. The van der Waals surface area contributed by atoms with E-state index >= 15 is 0 Å². The molecule has 90 valence electrons. The molecule has 1 aromatic rings. The summed E-state index contributed by atoms with van der Waals surface area (Å²) in [6.07, 6.45) is 0. The molecular weight excluding hydrogens is 216 g/mol. The number of nitriles is 1. The van der Waals surface area contributed by atoms with Crippen molar-refractivity contribution in [2.75, 3.05) is 18.0 Å². The van der Waals surface area contributed by atoms with Crippen molar-refractivity contribution in [2.24, 2.45) is 5.92 Å². The summed E-state index contributed by atoms with van der Waals surface area (Å²) < 4.78 is 0. The van der Waals surface area contributed by atoms with Crippen molar-refractivity contribution in [3.05, 3.63) is 29.8 Å². The van der Waals surface area contributed by atoms with Crippen LogP contribution in [0.5, 0.6) is 0 Å². The molecule has 0 aliphatic rings. The molecule has 0 spiro atoms. The summed E-state index contributed by atoms with van der Waals surface area (Å²) in [5, 5.41) is 17.7. The molecule has 0 aromatic heterocycles. The number of hydrogen-bond acceptors (Lipinski definition) is 3. The van der Waals surface area contributed by atoms with Gasteiger partial charge >= 0.3 is 5.97 Å². The molecule has 1 aromatic carbocycles. The van der Waals surface area contributed by atoms with Crippen LogP contribution in [-0.2, 0) is 4.79 Å². The Morgan fingerprint density at radius 1 is 1.53 bits per heavy atom. The summed E-state index contributed by atoms with van der Waals surface area (Å²) in [6.45, 7) is 4.13. The maximum Gasteiger partial charge on any atom is 0.308 e. The topological polar surface area (TPSA) is 64.3 Å². The van der Waals surface area contributed by atoms with E-state index in [1.807, 2.05) is 31.2 Å². The van der Waals surface area contributed by atoms with Crippen molar-refractivity contribution >= 4 is 11.7 Å². The van der Waals surface area contributed by atoms with Crippen LogP contribution in [0.4, 0.5) is 5.69 Å². The lowest BCUT2D eigenvalue weighted by atomic mass is 10.1. The Bertz CT molecular complexity index is 437. The molecule has 0 heterocycles. The predicted octanol–water partition coefficient (Wildman–Crippen LogP) is 2.05. The number of hydrogen-bond donors (Lipinski definition) is 1. The van der Waals surface area contributed by atoms with Gasteiger partial charge in [-0.1, -0.05) is 25.1 Å². The molecule has 4 nitrogen and oxygen atoms in total. The van der Waals surface area contributed by atoms with Gasteiger partial charge in [0.1, 0.15) is 6.54 Å². The minimum absolute atomic E-state index is 0.197. The molecule has 1 atom stereocenters. The van der Waals surface area contributed by atoms with Gasteiger partial charge in [0.25, 0.3) is 0 Å². The number of aryl methyl sites for hydroxylation is 1. The minimum Gasteiger partial charge on any atom is -0.481 e. The summed E-state index contributed by atoms with van der Waals surface area (Å²) in [7, 11) is 0. The van der Waals surface area contributed by atoms with E-state index in [1.165, 1.54) is 0 Å². The number of carboxylic acids is 1. The fourth-order valence-electron chi connectivity index (χ4n) is 1.66. The van der Waals surface area contributed by atoms with Crippen LogP contribution in [0.3, 0.4) is 0 Å². The molecule has 0 aliphatic carbocycles. The number of para-hydroxylation sites is 1. The molecule has 17 heavy (non-hydrogen) atoms. The fraction of sp³-hybridized carbons (Fsp3) is 0.385.